The van der Waals surface area contributed by atoms with Crippen LogP contribution in [0.3, 0.4) is 0 Å². The van der Waals surface area contributed by atoms with E-state index < -0.39 is 0 Å². The van der Waals surface area contributed by atoms with Crippen molar-refractivity contribution in [2.45, 2.75) is 53.1 Å². The molecule has 0 radical (unpaired) electrons. The normalized spacial score (nSPS) is 11.3. The number of carbonyl (C=O) groups excluding carboxylic acids is 1. The van der Waals surface area contributed by atoms with E-state index in [2.05, 4.69) is 24.0 Å². The standard InChI is InChI=1S/C18H24ClN3O2/c1-12(2)9-10-17(23)22(13(3)4)11-16-20-21-18(24-16)14-7-5-6-8-15(14)19/h5-8,12-13H,9-11H2,1-4H3. The molecule has 24 heavy (non-hydrogen) atoms. The average molecular weight is 350 g/mol. The molecule has 130 valence electrons. The summed E-state index contributed by atoms with van der Waals surface area (Å²) in [5.74, 6) is 1.39. The number of nitrogens with zero attached hydrogens (tertiary/aromatic N) is 3. The van der Waals surface area contributed by atoms with Crippen LogP contribution in [0.25, 0.3) is 11.5 Å². The Morgan fingerprint density at radius 3 is 2.54 bits per heavy atom. The summed E-state index contributed by atoms with van der Waals surface area (Å²) in [5.41, 5.74) is 0.695. The lowest BCUT2D eigenvalue weighted by molar-refractivity contribution is -0.134. The maximum Gasteiger partial charge on any atom is 0.249 e. The molecule has 0 saturated heterocycles. The van der Waals surface area contributed by atoms with Gasteiger partial charge in [0.15, 0.2) is 0 Å². The zero-order valence-electron chi connectivity index (χ0n) is 14.6. The minimum Gasteiger partial charge on any atom is -0.419 e. The van der Waals surface area contributed by atoms with Gasteiger partial charge in [0.2, 0.25) is 17.7 Å². The molecule has 0 saturated carbocycles. The van der Waals surface area contributed by atoms with E-state index in [-0.39, 0.29) is 11.9 Å². The topological polar surface area (TPSA) is 59.2 Å². The molecule has 1 aromatic heterocycles. The molecule has 0 aliphatic heterocycles. The molecule has 2 rings (SSSR count). The number of amides is 1. The lowest BCUT2D eigenvalue weighted by atomic mass is 10.1. The number of hydrogen-bond acceptors (Lipinski definition) is 4. The quantitative estimate of drug-likeness (QED) is 0.735. The predicted octanol–water partition coefficient (Wildman–Crippen LogP) is 4.56. The fourth-order valence-corrected chi connectivity index (χ4v) is 2.54. The number of aromatic nitrogens is 2. The number of hydrogen-bond donors (Lipinski definition) is 0. The molecule has 0 N–H and O–H groups in total. The molecule has 0 atom stereocenters. The highest BCUT2D eigenvalue weighted by molar-refractivity contribution is 6.33. The van der Waals surface area contributed by atoms with E-state index in [0.717, 1.165) is 6.42 Å². The first kappa shape index (κ1) is 18.5. The Kier molecular flexibility index (Phi) is 6.37. The average Bonchev–Trinajstić information content (AvgIpc) is 2.99. The molecule has 1 amide bonds. The molecule has 0 aliphatic carbocycles. The van der Waals surface area contributed by atoms with E-state index in [4.69, 9.17) is 16.0 Å². The van der Waals surface area contributed by atoms with Crippen molar-refractivity contribution in [1.82, 2.24) is 15.1 Å². The molecule has 0 spiro atoms. The summed E-state index contributed by atoms with van der Waals surface area (Å²) in [6.07, 6.45) is 1.40. The second kappa shape index (κ2) is 8.29. The van der Waals surface area contributed by atoms with Crippen LogP contribution in [0.2, 0.25) is 5.02 Å². The van der Waals surface area contributed by atoms with Crippen molar-refractivity contribution < 1.29 is 9.21 Å². The summed E-state index contributed by atoms with van der Waals surface area (Å²) in [6.45, 7) is 8.50. The van der Waals surface area contributed by atoms with Crippen LogP contribution < -0.4 is 0 Å². The lowest BCUT2D eigenvalue weighted by Gasteiger charge is -2.25. The Morgan fingerprint density at radius 2 is 1.92 bits per heavy atom. The summed E-state index contributed by atoms with van der Waals surface area (Å²) in [4.78, 5) is 14.2. The molecule has 1 heterocycles. The van der Waals surface area contributed by atoms with Gasteiger partial charge in [0.05, 0.1) is 17.1 Å². The highest BCUT2D eigenvalue weighted by atomic mass is 35.5. The van der Waals surface area contributed by atoms with Gasteiger partial charge in [-0.05, 0) is 38.3 Å². The van der Waals surface area contributed by atoms with E-state index in [9.17, 15) is 4.79 Å². The fraction of sp³-hybridized carbons (Fsp3) is 0.500. The predicted molar refractivity (Wildman–Crippen MR) is 94.5 cm³/mol. The number of rotatable bonds is 7. The first-order chi connectivity index (χ1) is 11.4. The summed E-state index contributed by atoms with van der Waals surface area (Å²) in [6, 6.07) is 7.38. The van der Waals surface area contributed by atoms with Crippen molar-refractivity contribution in [1.29, 1.82) is 0 Å². The van der Waals surface area contributed by atoms with Crippen molar-refractivity contribution in [3.63, 3.8) is 0 Å². The second-order valence-corrected chi connectivity index (χ2v) is 6.94. The van der Waals surface area contributed by atoms with Crippen molar-refractivity contribution in [3.8, 4) is 11.5 Å². The molecule has 0 bridgehead atoms. The molecule has 6 heteroatoms. The summed E-state index contributed by atoms with van der Waals surface area (Å²) in [5, 5.41) is 8.68. The van der Waals surface area contributed by atoms with Gasteiger partial charge >= 0.3 is 0 Å². The summed E-state index contributed by atoms with van der Waals surface area (Å²) >= 11 is 6.15. The van der Waals surface area contributed by atoms with Gasteiger partial charge in [-0.3, -0.25) is 4.79 Å². The van der Waals surface area contributed by atoms with E-state index in [1.165, 1.54) is 0 Å². The van der Waals surface area contributed by atoms with Crippen LogP contribution in [0.4, 0.5) is 0 Å². The van der Waals surface area contributed by atoms with E-state index in [1.54, 1.807) is 11.0 Å². The van der Waals surface area contributed by atoms with Gasteiger partial charge in [0.25, 0.3) is 0 Å². The Labute approximate surface area is 148 Å². The number of halogens is 1. The molecule has 0 aliphatic rings. The molecule has 5 nitrogen and oxygen atoms in total. The molecule has 0 unspecified atom stereocenters. The monoisotopic (exact) mass is 349 g/mol. The van der Waals surface area contributed by atoms with Crippen LogP contribution in [0.1, 0.15) is 46.4 Å². The maximum absolute atomic E-state index is 12.4. The van der Waals surface area contributed by atoms with Crippen molar-refractivity contribution in [2.75, 3.05) is 0 Å². The lowest BCUT2D eigenvalue weighted by Crippen LogP contribution is -2.36. The van der Waals surface area contributed by atoms with E-state index in [1.807, 2.05) is 32.0 Å². The van der Waals surface area contributed by atoms with Crippen LogP contribution in [0, 0.1) is 5.92 Å². The van der Waals surface area contributed by atoms with Crippen LogP contribution in [-0.4, -0.2) is 27.0 Å². The minimum absolute atomic E-state index is 0.0697. The van der Waals surface area contributed by atoms with Crippen molar-refractivity contribution >= 4 is 17.5 Å². The third kappa shape index (κ3) is 4.81. The van der Waals surface area contributed by atoms with E-state index >= 15 is 0 Å². The third-order valence-corrected chi connectivity index (χ3v) is 4.09. The molecular weight excluding hydrogens is 326 g/mol. The van der Waals surface area contributed by atoms with Gasteiger partial charge in [-0.1, -0.05) is 37.6 Å². The number of benzene rings is 1. The minimum atomic E-state index is 0.0697. The van der Waals surface area contributed by atoms with E-state index in [0.29, 0.717) is 41.3 Å². The van der Waals surface area contributed by atoms with Gasteiger partial charge in [-0.15, -0.1) is 10.2 Å². The van der Waals surface area contributed by atoms with Crippen LogP contribution in [0.5, 0.6) is 0 Å². The van der Waals surface area contributed by atoms with Crippen LogP contribution in [0.15, 0.2) is 28.7 Å². The third-order valence-electron chi connectivity index (χ3n) is 3.76. The van der Waals surface area contributed by atoms with Gasteiger partial charge in [0, 0.05) is 12.5 Å². The van der Waals surface area contributed by atoms with Crippen molar-refractivity contribution in [3.05, 3.63) is 35.2 Å². The summed E-state index contributed by atoms with van der Waals surface area (Å²) < 4.78 is 5.71. The van der Waals surface area contributed by atoms with Crippen LogP contribution in [-0.2, 0) is 11.3 Å². The van der Waals surface area contributed by atoms with Crippen LogP contribution >= 0.6 is 11.6 Å². The first-order valence-electron chi connectivity index (χ1n) is 8.25. The Bertz CT molecular complexity index is 682. The smallest absolute Gasteiger partial charge is 0.249 e. The molecular formula is C18H24ClN3O2. The maximum atomic E-state index is 12.4. The highest BCUT2D eigenvalue weighted by Gasteiger charge is 2.21. The summed E-state index contributed by atoms with van der Waals surface area (Å²) in [7, 11) is 0. The fourth-order valence-electron chi connectivity index (χ4n) is 2.32. The van der Waals surface area contributed by atoms with Gasteiger partial charge in [-0.2, -0.15) is 0 Å². The van der Waals surface area contributed by atoms with Crippen molar-refractivity contribution in [2.24, 2.45) is 5.92 Å². The Balaban J connectivity index is 2.11. The first-order valence-corrected chi connectivity index (χ1v) is 8.63. The SMILES string of the molecule is CC(C)CCC(=O)N(Cc1nnc(-c2ccccc2Cl)o1)C(C)C. The molecule has 0 fully saturated rings. The number of carbonyl (C=O) groups is 1. The Morgan fingerprint density at radius 1 is 1.21 bits per heavy atom. The second-order valence-electron chi connectivity index (χ2n) is 6.53. The Hall–Kier alpha value is -1.88. The zero-order valence-corrected chi connectivity index (χ0v) is 15.4. The molecule has 2 aromatic rings. The van der Waals surface area contributed by atoms with Gasteiger partial charge in [-0.25, -0.2) is 0 Å². The van der Waals surface area contributed by atoms with Gasteiger partial charge < -0.3 is 9.32 Å². The molecule has 1 aromatic carbocycles. The van der Waals surface area contributed by atoms with Gasteiger partial charge in [0.1, 0.15) is 0 Å². The largest absolute Gasteiger partial charge is 0.419 e. The highest BCUT2D eigenvalue weighted by Crippen LogP contribution is 2.26. The zero-order chi connectivity index (χ0) is 17.7.